The molecule has 120 valence electrons. The van der Waals surface area contributed by atoms with Gasteiger partial charge in [-0.1, -0.05) is 69.4 Å². The van der Waals surface area contributed by atoms with Gasteiger partial charge >= 0.3 is 0 Å². The van der Waals surface area contributed by atoms with Crippen LogP contribution in [0.2, 0.25) is 0 Å². The quantitative estimate of drug-likeness (QED) is 0.436. The molecule has 2 rings (SSSR count). The van der Waals surface area contributed by atoms with Crippen LogP contribution in [0.1, 0.15) is 63.3 Å². The molecule has 1 aromatic carbocycles. The molecule has 1 aromatic heterocycles. The second kappa shape index (κ2) is 9.45. The summed E-state index contributed by atoms with van der Waals surface area (Å²) in [4.78, 5) is 0. The van der Waals surface area contributed by atoms with Gasteiger partial charge in [0.15, 0.2) is 0 Å². The van der Waals surface area contributed by atoms with Crippen molar-refractivity contribution in [3.8, 4) is 0 Å². The average Bonchev–Trinajstić information content (AvgIpc) is 2.88. The molecule has 0 bridgehead atoms. The van der Waals surface area contributed by atoms with E-state index in [0.29, 0.717) is 0 Å². The summed E-state index contributed by atoms with van der Waals surface area (Å²) < 4.78 is 4.74. The molecule has 1 heterocycles. The number of aromatic nitrogens is 2. The zero-order chi connectivity index (χ0) is 15.6. The topological polar surface area (TPSA) is 8.81 Å². The second-order valence-electron chi connectivity index (χ2n) is 6.27. The summed E-state index contributed by atoms with van der Waals surface area (Å²) in [6.07, 6.45) is 14.1. The Balaban J connectivity index is 1.74. The molecule has 2 heteroatoms. The lowest BCUT2D eigenvalue weighted by Crippen LogP contribution is -2.35. The number of benzene rings is 1. The number of rotatable bonds is 10. The maximum Gasteiger partial charge on any atom is 0.253 e. The summed E-state index contributed by atoms with van der Waals surface area (Å²) in [7, 11) is 0. The molecule has 0 atom stereocenters. The predicted octanol–water partition coefficient (Wildman–Crippen LogP) is 4.88. The van der Waals surface area contributed by atoms with E-state index in [4.69, 9.17) is 0 Å². The van der Waals surface area contributed by atoms with Crippen LogP contribution >= 0.6 is 0 Å². The molecule has 22 heavy (non-hydrogen) atoms. The minimum atomic E-state index is 0.969. The van der Waals surface area contributed by atoms with Crippen molar-refractivity contribution in [3.63, 3.8) is 0 Å². The van der Waals surface area contributed by atoms with Crippen LogP contribution in [0.3, 0.4) is 0 Å². The van der Waals surface area contributed by atoms with Crippen LogP contribution < -0.4 is 4.57 Å². The first-order valence-electron chi connectivity index (χ1n) is 8.90. The lowest BCUT2D eigenvalue weighted by atomic mass is 10.1. The van der Waals surface area contributed by atoms with E-state index in [-0.39, 0.29) is 0 Å². The summed E-state index contributed by atoms with van der Waals surface area (Å²) in [6.45, 7) is 6.63. The second-order valence-corrected chi connectivity index (χ2v) is 6.27. The highest BCUT2D eigenvalue weighted by atomic mass is 15.1. The summed E-state index contributed by atoms with van der Waals surface area (Å²) >= 11 is 0. The smallest absolute Gasteiger partial charge is 0.234 e. The Morgan fingerprint density at radius 1 is 0.909 bits per heavy atom. The first-order valence-corrected chi connectivity index (χ1v) is 8.90. The third-order valence-corrected chi connectivity index (χ3v) is 4.46. The maximum atomic E-state index is 2.40. The molecule has 0 fully saturated rings. The summed E-state index contributed by atoms with van der Waals surface area (Å²) in [5.41, 5.74) is 1.37. The minimum absolute atomic E-state index is 0.969. The van der Waals surface area contributed by atoms with Gasteiger partial charge in [-0.25, -0.2) is 9.13 Å². The summed E-state index contributed by atoms with van der Waals surface area (Å²) in [5.74, 6) is 1.36. The fourth-order valence-electron chi connectivity index (χ4n) is 2.96. The first kappa shape index (κ1) is 16.8. The van der Waals surface area contributed by atoms with Crippen molar-refractivity contribution in [2.24, 2.45) is 0 Å². The molecule has 0 saturated carbocycles. The molecule has 0 N–H and O–H groups in total. The van der Waals surface area contributed by atoms with Crippen LogP contribution in [-0.4, -0.2) is 4.57 Å². The number of imidazole rings is 1. The highest BCUT2D eigenvalue weighted by Crippen LogP contribution is 2.08. The van der Waals surface area contributed by atoms with Crippen LogP contribution in [0.5, 0.6) is 0 Å². The van der Waals surface area contributed by atoms with Gasteiger partial charge in [-0.15, -0.1) is 0 Å². The number of aryl methyl sites for hydroxylation is 1. The third-order valence-electron chi connectivity index (χ3n) is 4.46. The number of nitrogens with zero attached hydrogens (tertiary/aromatic N) is 2. The van der Waals surface area contributed by atoms with Crippen molar-refractivity contribution in [2.45, 2.75) is 71.9 Å². The van der Waals surface area contributed by atoms with E-state index in [9.17, 15) is 0 Å². The Bertz CT molecular complexity index is 528. The summed E-state index contributed by atoms with van der Waals surface area (Å²) in [6, 6.07) is 10.7. The fourth-order valence-corrected chi connectivity index (χ4v) is 2.96. The molecule has 0 aliphatic heterocycles. The van der Waals surface area contributed by atoms with Crippen molar-refractivity contribution >= 4 is 0 Å². The Labute approximate surface area is 135 Å². The Kier molecular flexibility index (Phi) is 7.21. The van der Waals surface area contributed by atoms with Crippen LogP contribution in [0.15, 0.2) is 42.7 Å². The predicted molar refractivity (Wildman–Crippen MR) is 92.9 cm³/mol. The highest BCUT2D eigenvalue weighted by molar-refractivity contribution is 5.15. The lowest BCUT2D eigenvalue weighted by Gasteiger charge is -2.03. The van der Waals surface area contributed by atoms with E-state index in [0.717, 1.165) is 13.1 Å². The standard InChI is InChI=1S/C20H31N2/c1-3-4-5-6-7-8-12-15-21-16-17-22(19(21)2)18-20-13-10-9-11-14-20/h9-11,13-14,16-17H,3-8,12,15,18H2,1-2H3/q+1. The van der Waals surface area contributed by atoms with Gasteiger partial charge in [-0.05, 0) is 18.4 Å². The molecule has 0 saturated heterocycles. The lowest BCUT2D eigenvalue weighted by molar-refractivity contribution is -0.702. The van der Waals surface area contributed by atoms with Crippen molar-refractivity contribution in [1.29, 1.82) is 0 Å². The largest absolute Gasteiger partial charge is 0.253 e. The van der Waals surface area contributed by atoms with Crippen molar-refractivity contribution in [3.05, 3.63) is 54.1 Å². The fraction of sp³-hybridized carbons (Fsp3) is 0.550. The zero-order valence-corrected chi connectivity index (χ0v) is 14.3. The summed E-state index contributed by atoms with van der Waals surface area (Å²) in [5, 5.41) is 0. The SMILES string of the molecule is CCCCCCCCC[n+]1ccn(Cc2ccccc2)c1C. The Hall–Kier alpha value is -1.57. The van der Waals surface area contributed by atoms with Gasteiger partial charge in [0.25, 0.3) is 5.82 Å². The molecule has 2 nitrogen and oxygen atoms in total. The number of hydrogen-bond donors (Lipinski definition) is 0. The van der Waals surface area contributed by atoms with E-state index in [2.05, 4.69) is 65.7 Å². The van der Waals surface area contributed by atoms with Gasteiger partial charge in [0.1, 0.15) is 18.9 Å². The van der Waals surface area contributed by atoms with Crippen LogP contribution in [0, 0.1) is 6.92 Å². The molecule has 2 aromatic rings. The van der Waals surface area contributed by atoms with Crippen LogP contribution in [0.25, 0.3) is 0 Å². The van der Waals surface area contributed by atoms with Gasteiger partial charge in [-0.2, -0.15) is 0 Å². The maximum absolute atomic E-state index is 2.40. The number of unbranched alkanes of at least 4 members (excludes halogenated alkanes) is 6. The van der Waals surface area contributed by atoms with Crippen molar-refractivity contribution in [1.82, 2.24) is 4.57 Å². The Morgan fingerprint density at radius 2 is 1.59 bits per heavy atom. The molecule has 0 aliphatic carbocycles. The molecular formula is C20H31N2+. The van der Waals surface area contributed by atoms with E-state index >= 15 is 0 Å². The van der Waals surface area contributed by atoms with E-state index in [1.807, 2.05) is 0 Å². The van der Waals surface area contributed by atoms with E-state index < -0.39 is 0 Å². The Morgan fingerprint density at radius 3 is 2.32 bits per heavy atom. The van der Waals surface area contributed by atoms with Gasteiger partial charge in [0, 0.05) is 6.92 Å². The highest BCUT2D eigenvalue weighted by Gasteiger charge is 2.11. The minimum Gasteiger partial charge on any atom is -0.234 e. The molecule has 0 amide bonds. The van der Waals surface area contributed by atoms with Gasteiger partial charge in [-0.3, -0.25) is 0 Å². The zero-order valence-electron chi connectivity index (χ0n) is 14.3. The number of hydrogen-bond acceptors (Lipinski definition) is 0. The monoisotopic (exact) mass is 299 g/mol. The normalized spacial score (nSPS) is 11.0. The van der Waals surface area contributed by atoms with E-state index in [1.165, 1.54) is 56.3 Å². The molecule has 0 spiro atoms. The first-order chi connectivity index (χ1) is 10.8. The van der Waals surface area contributed by atoms with Gasteiger partial charge < -0.3 is 0 Å². The van der Waals surface area contributed by atoms with E-state index in [1.54, 1.807) is 0 Å². The van der Waals surface area contributed by atoms with Crippen molar-refractivity contribution < 1.29 is 4.57 Å². The molecule has 0 aliphatic rings. The van der Waals surface area contributed by atoms with Crippen molar-refractivity contribution in [2.75, 3.05) is 0 Å². The van der Waals surface area contributed by atoms with Gasteiger partial charge in [0.2, 0.25) is 0 Å². The molecule has 0 unspecified atom stereocenters. The molecule has 0 radical (unpaired) electrons. The van der Waals surface area contributed by atoms with Gasteiger partial charge in [0.05, 0.1) is 6.54 Å². The molecular weight excluding hydrogens is 268 g/mol. The van der Waals surface area contributed by atoms with Crippen LogP contribution in [-0.2, 0) is 13.1 Å². The van der Waals surface area contributed by atoms with Crippen LogP contribution in [0.4, 0.5) is 0 Å². The average molecular weight is 299 g/mol. The third kappa shape index (κ3) is 5.32.